The quantitative estimate of drug-likeness (QED) is 0.480. The second-order valence-electron chi connectivity index (χ2n) is 8.32. The first-order valence-electron chi connectivity index (χ1n) is 10.1. The third kappa shape index (κ3) is 6.79. The molecule has 0 aliphatic carbocycles. The molecular formula is C23H28NO6P. The molecule has 31 heavy (non-hydrogen) atoms. The molecule has 0 bridgehead atoms. The van der Waals surface area contributed by atoms with Gasteiger partial charge in [-0.05, 0) is 63.5 Å². The number of nitrogens with zero attached hydrogens (tertiary/aromatic N) is 1. The van der Waals surface area contributed by atoms with E-state index in [0.29, 0.717) is 24.5 Å². The fourth-order valence-electron chi connectivity index (χ4n) is 2.85. The van der Waals surface area contributed by atoms with Gasteiger partial charge in [-0.2, -0.15) is 4.57 Å². The summed E-state index contributed by atoms with van der Waals surface area (Å²) in [6.45, 7) is 7.71. The highest BCUT2D eigenvalue weighted by molar-refractivity contribution is 7.49. The van der Waals surface area contributed by atoms with E-state index < -0.39 is 19.5 Å². The molecule has 0 fully saturated rings. The zero-order chi connectivity index (χ0) is 22.5. The van der Waals surface area contributed by atoms with Crippen LogP contribution < -0.4 is 9.05 Å². The Labute approximate surface area is 183 Å². The fraction of sp³-hybridized carbons (Fsp3) is 0.348. The van der Waals surface area contributed by atoms with Crippen LogP contribution in [-0.4, -0.2) is 23.1 Å². The SMILES string of the molecule is CC1CC=C(OP(=O)(Oc2ccccc2)Oc2ccccc2)N(C(=O)OC(C)(C)C)C1. The average Bonchev–Trinajstić information content (AvgIpc) is 2.69. The van der Waals surface area contributed by atoms with Crippen LogP contribution in [0.5, 0.6) is 11.5 Å². The summed E-state index contributed by atoms with van der Waals surface area (Å²) in [4.78, 5) is 14.1. The van der Waals surface area contributed by atoms with E-state index >= 15 is 0 Å². The number of amides is 1. The summed E-state index contributed by atoms with van der Waals surface area (Å²) >= 11 is 0. The molecular weight excluding hydrogens is 417 g/mol. The number of hydrogen-bond acceptors (Lipinski definition) is 6. The predicted molar refractivity (Wildman–Crippen MR) is 118 cm³/mol. The van der Waals surface area contributed by atoms with Crippen LogP contribution >= 0.6 is 7.82 Å². The van der Waals surface area contributed by atoms with Crippen molar-refractivity contribution in [2.45, 2.75) is 39.7 Å². The molecule has 2 aromatic carbocycles. The van der Waals surface area contributed by atoms with Gasteiger partial charge in [-0.3, -0.25) is 0 Å². The average molecular weight is 445 g/mol. The van der Waals surface area contributed by atoms with E-state index in [1.165, 1.54) is 4.90 Å². The van der Waals surface area contributed by atoms with Crippen LogP contribution in [0.25, 0.3) is 0 Å². The van der Waals surface area contributed by atoms with E-state index in [4.69, 9.17) is 18.3 Å². The summed E-state index contributed by atoms with van der Waals surface area (Å²) in [5.74, 6) is 0.901. The van der Waals surface area contributed by atoms with Crippen LogP contribution in [0, 0.1) is 5.92 Å². The first-order valence-corrected chi connectivity index (χ1v) is 11.6. The highest BCUT2D eigenvalue weighted by Gasteiger charge is 2.39. The van der Waals surface area contributed by atoms with Crippen molar-refractivity contribution in [3.63, 3.8) is 0 Å². The number of carbonyl (C=O) groups excluding carboxylic acids is 1. The van der Waals surface area contributed by atoms with Gasteiger partial charge in [0, 0.05) is 6.54 Å². The van der Waals surface area contributed by atoms with Gasteiger partial charge in [-0.15, -0.1) is 0 Å². The van der Waals surface area contributed by atoms with Crippen molar-refractivity contribution in [1.29, 1.82) is 0 Å². The topological polar surface area (TPSA) is 74.3 Å². The summed E-state index contributed by atoms with van der Waals surface area (Å²) in [6.07, 6.45) is 1.76. The van der Waals surface area contributed by atoms with Crippen molar-refractivity contribution in [3.8, 4) is 11.5 Å². The van der Waals surface area contributed by atoms with Crippen LogP contribution in [0.15, 0.2) is 72.6 Å². The lowest BCUT2D eigenvalue weighted by atomic mass is 10.0. The molecule has 1 heterocycles. The number of phosphoric ester groups is 1. The molecule has 0 radical (unpaired) electrons. The van der Waals surface area contributed by atoms with E-state index in [-0.39, 0.29) is 11.8 Å². The molecule has 0 N–H and O–H groups in total. The van der Waals surface area contributed by atoms with Crippen LogP contribution in [0.1, 0.15) is 34.1 Å². The second-order valence-corrected chi connectivity index (χ2v) is 9.76. The standard InChI is InChI=1S/C23H28NO6P/c1-18-15-16-21(24(17-18)22(25)27-23(2,3)4)30-31(26,28-19-11-7-5-8-12-19)29-20-13-9-6-10-14-20/h5-14,16,18H,15,17H2,1-4H3. The Bertz CT molecular complexity index is 910. The summed E-state index contributed by atoms with van der Waals surface area (Å²) < 4.78 is 36.3. The van der Waals surface area contributed by atoms with Crippen LogP contribution in [0.2, 0.25) is 0 Å². The lowest BCUT2D eigenvalue weighted by Gasteiger charge is -2.33. The number of benzene rings is 2. The van der Waals surface area contributed by atoms with Gasteiger partial charge in [-0.25, -0.2) is 9.69 Å². The number of ether oxygens (including phenoxy) is 1. The van der Waals surface area contributed by atoms with E-state index in [0.717, 1.165) is 0 Å². The zero-order valence-electron chi connectivity index (χ0n) is 18.2. The molecule has 1 aliphatic heterocycles. The normalized spacial score (nSPS) is 16.8. The number of para-hydroxylation sites is 2. The predicted octanol–water partition coefficient (Wildman–Crippen LogP) is 6.39. The third-order valence-electron chi connectivity index (χ3n) is 4.20. The van der Waals surface area contributed by atoms with Gasteiger partial charge < -0.3 is 18.3 Å². The lowest BCUT2D eigenvalue weighted by molar-refractivity contribution is 0.0181. The summed E-state index contributed by atoms with van der Waals surface area (Å²) in [5.41, 5.74) is -0.687. The van der Waals surface area contributed by atoms with Crippen molar-refractivity contribution in [1.82, 2.24) is 4.90 Å². The first-order chi connectivity index (χ1) is 14.6. The maximum absolute atomic E-state index is 13.7. The molecule has 1 amide bonds. The largest absolute Gasteiger partial charge is 0.648 e. The van der Waals surface area contributed by atoms with E-state index in [1.807, 2.05) is 19.1 Å². The monoisotopic (exact) mass is 445 g/mol. The van der Waals surface area contributed by atoms with Crippen LogP contribution in [0.4, 0.5) is 4.79 Å². The van der Waals surface area contributed by atoms with E-state index in [1.54, 1.807) is 75.4 Å². The van der Waals surface area contributed by atoms with Crippen molar-refractivity contribution >= 4 is 13.9 Å². The minimum atomic E-state index is -4.20. The van der Waals surface area contributed by atoms with Gasteiger partial charge in [-0.1, -0.05) is 43.3 Å². The Kier molecular flexibility index (Phi) is 6.96. The van der Waals surface area contributed by atoms with Crippen molar-refractivity contribution in [2.24, 2.45) is 5.92 Å². The highest BCUT2D eigenvalue weighted by Crippen LogP contribution is 2.52. The van der Waals surface area contributed by atoms with Crippen molar-refractivity contribution < 1.29 is 27.7 Å². The molecule has 7 nitrogen and oxygen atoms in total. The highest BCUT2D eigenvalue weighted by atomic mass is 31.2. The molecule has 3 rings (SSSR count). The van der Waals surface area contributed by atoms with Gasteiger partial charge in [0.15, 0.2) is 0 Å². The Morgan fingerprint density at radius 3 is 1.94 bits per heavy atom. The van der Waals surface area contributed by atoms with Gasteiger partial charge in [0.05, 0.1) is 0 Å². The van der Waals surface area contributed by atoms with Crippen molar-refractivity contribution in [2.75, 3.05) is 6.54 Å². The van der Waals surface area contributed by atoms with Gasteiger partial charge in [0.1, 0.15) is 17.1 Å². The van der Waals surface area contributed by atoms with Crippen molar-refractivity contribution in [3.05, 3.63) is 72.6 Å². The van der Waals surface area contributed by atoms with Gasteiger partial charge in [0.25, 0.3) is 0 Å². The lowest BCUT2D eigenvalue weighted by Crippen LogP contribution is -2.41. The number of hydrogen-bond donors (Lipinski definition) is 0. The maximum Gasteiger partial charge on any atom is 0.648 e. The Morgan fingerprint density at radius 2 is 1.45 bits per heavy atom. The molecule has 166 valence electrons. The molecule has 1 aliphatic rings. The minimum Gasteiger partial charge on any atom is -0.443 e. The first kappa shape index (κ1) is 22.8. The summed E-state index contributed by atoms with van der Waals surface area (Å²) in [6, 6.07) is 17.2. The Hall–Kier alpha value is -2.92. The summed E-state index contributed by atoms with van der Waals surface area (Å²) in [5, 5.41) is 0. The van der Waals surface area contributed by atoms with E-state index in [9.17, 15) is 9.36 Å². The molecule has 1 unspecified atom stereocenters. The molecule has 0 saturated carbocycles. The minimum absolute atomic E-state index is 0.0857. The molecule has 2 aromatic rings. The fourth-order valence-corrected chi connectivity index (χ4v) is 4.12. The van der Waals surface area contributed by atoms with E-state index in [2.05, 4.69) is 0 Å². The Morgan fingerprint density at radius 1 is 0.935 bits per heavy atom. The molecule has 0 spiro atoms. The van der Waals surface area contributed by atoms with Crippen LogP contribution in [-0.2, 0) is 13.8 Å². The number of carbonyl (C=O) groups is 1. The zero-order valence-corrected chi connectivity index (χ0v) is 19.1. The third-order valence-corrected chi connectivity index (χ3v) is 5.47. The smallest absolute Gasteiger partial charge is 0.443 e. The number of rotatable bonds is 6. The summed E-state index contributed by atoms with van der Waals surface area (Å²) in [7, 11) is -4.20. The van der Waals surface area contributed by atoms with Gasteiger partial charge >= 0.3 is 13.9 Å². The van der Waals surface area contributed by atoms with Crippen LogP contribution in [0.3, 0.4) is 0 Å². The van der Waals surface area contributed by atoms with Gasteiger partial charge in [0.2, 0.25) is 5.88 Å². The Balaban J connectivity index is 1.89. The number of allylic oxidation sites excluding steroid dienone is 1. The molecule has 0 saturated heterocycles. The molecule has 0 aromatic heterocycles. The maximum atomic E-state index is 13.7. The molecule has 1 atom stereocenters. The second kappa shape index (κ2) is 9.48. The number of phosphoric acid groups is 1. The molecule has 8 heteroatoms.